The molecule has 0 aliphatic rings. The van der Waals surface area contributed by atoms with E-state index in [0.717, 1.165) is 0 Å². The van der Waals surface area contributed by atoms with Gasteiger partial charge in [0.25, 0.3) is 0 Å². The summed E-state index contributed by atoms with van der Waals surface area (Å²) < 4.78 is 2.42. The van der Waals surface area contributed by atoms with Crippen LogP contribution in [0.1, 0.15) is 71.1 Å². The van der Waals surface area contributed by atoms with Crippen LogP contribution >= 0.6 is 0 Å². The smallest absolute Gasteiger partial charge is 0.0943 e. The maximum atomic E-state index is 2.42. The van der Waals surface area contributed by atoms with Crippen LogP contribution < -0.4 is 0 Å². The van der Waals surface area contributed by atoms with Gasteiger partial charge in [0.15, 0.2) is 0 Å². The van der Waals surface area contributed by atoms with Gasteiger partial charge in [-0.05, 0) is 20.1 Å². The van der Waals surface area contributed by atoms with Gasteiger partial charge in [-0.1, -0.05) is 71.1 Å². The minimum atomic E-state index is 0.126. The van der Waals surface area contributed by atoms with Gasteiger partial charge in [0.05, 0.1) is 9.68 Å². The van der Waals surface area contributed by atoms with Crippen molar-refractivity contribution in [2.75, 3.05) is 14.1 Å². The van der Waals surface area contributed by atoms with Gasteiger partial charge in [-0.3, -0.25) is 0 Å². The van der Waals surface area contributed by atoms with Crippen LogP contribution in [-0.4, -0.2) is 28.3 Å². The SMILES string of the molecule is CCCCCCCCCCCC[SiH2]N(C)C. The second-order valence-electron chi connectivity index (χ2n) is 5.34. The Kier molecular flexibility index (Phi) is 13.4. The summed E-state index contributed by atoms with van der Waals surface area (Å²) in [6.07, 6.45) is 14.6. The topological polar surface area (TPSA) is 3.24 Å². The molecule has 0 N–H and O–H groups in total. The van der Waals surface area contributed by atoms with E-state index < -0.39 is 0 Å². The second-order valence-corrected chi connectivity index (χ2v) is 7.76. The molecule has 16 heavy (non-hydrogen) atoms. The Morgan fingerprint density at radius 1 is 0.688 bits per heavy atom. The van der Waals surface area contributed by atoms with E-state index in [0.29, 0.717) is 0 Å². The van der Waals surface area contributed by atoms with Crippen molar-refractivity contribution in [3.8, 4) is 0 Å². The molecule has 0 fully saturated rings. The molecule has 0 saturated heterocycles. The molecule has 0 rings (SSSR count). The lowest BCUT2D eigenvalue weighted by atomic mass is 10.1. The first-order chi connectivity index (χ1) is 7.77. The standard InChI is InChI=1S/C14H33NSi/c1-4-5-6-7-8-9-10-11-12-13-14-16-15(2)3/h4-14,16H2,1-3H3. The highest BCUT2D eigenvalue weighted by molar-refractivity contribution is 6.31. The Balaban J connectivity index is 2.88. The van der Waals surface area contributed by atoms with Crippen LogP contribution in [0.15, 0.2) is 0 Å². The van der Waals surface area contributed by atoms with E-state index in [1.807, 2.05) is 0 Å². The van der Waals surface area contributed by atoms with Crippen molar-refractivity contribution in [2.45, 2.75) is 77.2 Å². The fraction of sp³-hybridized carbons (Fsp3) is 1.00. The fourth-order valence-corrected chi connectivity index (χ4v) is 3.30. The van der Waals surface area contributed by atoms with Crippen molar-refractivity contribution in [3.05, 3.63) is 0 Å². The Morgan fingerprint density at radius 2 is 1.12 bits per heavy atom. The number of nitrogens with zero attached hydrogens (tertiary/aromatic N) is 1. The lowest BCUT2D eigenvalue weighted by Gasteiger charge is -2.07. The molecule has 1 nitrogen and oxygen atoms in total. The molecule has 98 valence electrons. The van der Waals surface area contributed by atoms with Crippen LogP contribution in [0.25, 0.3) is 0 Å². The molecule has 0 heterocycles. The molecular weight excluding hydrogens is 210 g/mol. The van der Waals surface area contributed by atoms with E-state index in [2.05, 4.69) is 25.6 Å². The third kappa shape index (κ3) is 14.2. The summed E-state index contributed by atoms with van der Waals surface area (Å²) in [6.45, 7) is 2.29. The Hall–Kier alpha value is 0.177. The van der Waals surface area contributed by atoms with Crippen molar-refractivity contribution in [3.63, 3.8) is 0 Å². The average Bonchev–Trinajstić information content (AvgIpc) is 2.25. The first-order valence-corrected chi connectivity index (χ1v) is 9.05. The Labute approximate surface area is 106 Å². The van der Waals surface area contributed by atoms with Crippen LogP contribution in [0, 0.1) is 0 Å². The molecule has 0 amide bonds. The normalized spacial score (nSPS) is 12.0. The maximum Gasteiger partial charge on any atom is 0.0943 e. The number of hydrogen-bond acceptors (Lipinski definition) is 1. The zero-order valence-corrected chi connectivity index (χ0v) is 13.3. The summed E-state index contributed by atoms with van der Waals surface area (Å²) in [5.74, 6) is 0. The van der Waals surface area contributed by atoms with E-state index in [-0.39, 0.29) is 9.68 Å². The quantitative estimate of drug-likeness (QED) is 0.370. The Morgan fingerprint density at radius 3 is 1.56 bits per heavy atom. The number of rotatable bonds is 12. The van der Waals surface area contributed by atoms with E-state index >= 15 is 0 Å². The maximum absolute atomic E-state index is 2.42. The van der Waals surface area contributed by atoms with Gasteiger partial charge >= 0.3 is 0 Å². The molecule has 0 aromatic heterocycles. The molecular formula is C14H33NSi. The van der Waals surface area contributed by atoms with Crippen molar-refractivity contribution in [2.24, 2.45) is 0 Å². The van der Waals surface area contributed by atoms with Gasteiger partial charge in [0.2, 0.25) is 0 Å². The van der Waals surface area contributed by atoms with Crippen LogP contribution in [0.4, 0.5) is 0 Å². The van der Waals surface area contributed by atoms with Crippen LogP contribution in [0.5, 0.6) is 0 Å². The third-order valence-corrected chi connectivity index (χ3v) is 4.92. The summed E-state index contributed by atoms with van der Waals surface area (Å²) in [4.78, 5) is 0. The van der Waals surface area contributed by atoms with Crippen molar-refractivity contribution >= 4 is 9.68 Å². The molecule has 0 aromatic rings. The Bertz CT molecular complexity index is 126. The van der Waals surface area contributed by atoms with Crippen LogP contribution in [0.2, 0.25) is 6.04 Å². The molecule has 2 heteroatoms. The van der Waals surface area contributed by atoms with Gasteiger partial charge in [0, 0.05) is 0 Å². The fourth-order valence-electron chi connectivity index (χ4n) is 2.09. The predicted molar refractivity (Wildman–Crippen MR) is 78.9 cm³/mol. The molecule has 0 aliphatic heterocycles. The minimum Gasteiger partial charge on any atom is -0.334 e. The summed E-state index contributed by atoms with van der Waals surface area (Å²) >= 11 is 0. The number of hydrogen-bond donors (Lipinski definition) is 0. The lowest BCUT2D eigenvalue weighted by molar-refractivity contribution is 0.560. The highest BCUT2D eigenvalue weighted by atomic mass is 28.2. The zero-order valence-electron chi connectivity index (χ0n) is 11.9. The van der Waals surface area contributed by atoms with Gasteiger partial charge in [0.1, 0.15) is 0 Å². The summed E-state index contributed by atoms with van der Waals surface area (Å²) in [7, 11) is 4.58. The summed E-state index contributed by atoms with van der Waals surface area (Å²) in [5.41, 5.74) is 0. The summed E-state index contributed by atoms with van der Waals surface area (Å²) in [6, 6.07) is 1.52. The highest BCUT2D eigenvalue weighted by Crippen LogP contribution is 2.11. The summed E-state index contributed by atoms with van der Waals surface area (Å²) in [5, 5.41) is 0. The molecule has 0 aromatic carbocycles. The highest BCUT2D eigenvalue weighted by Gasteiger charge is 1.94. The van der Waals surface area contributed by atoms with Gasteiger partial charge in [-0.15, -0.1) is 0 Å². The van der Waals surface area contributed by atoms with E-state index in [4.69, 9.17) is 0 Å². The minimum absolute atomic E-state index is 0.126. The first kappa shape index (κ1) is 16.2. The molecule has 0 saturated carbocycles. The predicted octanol–water partition coefficient (Wildman–Crippen LogP) is 3.97. The van der Waals surface area contributed by atoms with Gasteiger partial charge < -0.3 is 4.57 Å². The molecule has 0 unspecified atom stereocenters. The monoisotopic (exact) mass is 243 g/mol. The van der Waals surface area contributed by atoms with E-state index in [1.54, 1.807) is 0 Å². The zero-order chi connectivity index (χ0) is 12.1. The van der Waals surface area contributed by atoms with E-state index in [1.165, 1.54) is 70.3 Å². The molecule has 0 radical (unpaired) electrons. The third-order valence-electron chi connectivity index (χ3n) is 3.21. The average molecular weight is 244 g/mol. The van der Waals surface area contributed by atoms with Crippen LogP contribution in [0.3, 0.4) is 0 Å². The van der Waals surface area contributed by atoms with Gasteiger partial charge in [-0.25, -0.2) is 0 Å². The second kappa shape index (κ2) is 13.2. The molecule has 0 atom stereocenters. The van der Waals surface area contributed by atoms with Crippen LogP contribution in [-0.2, 0) is 0 Å². The van der Waals surface area contributed by atoms with Gasteiger partial charge in [-0.2, -0.15) is 0 Å². The number of unbranched alkanes of at least 4 members (excludes halogenated alkanes) is 9. The lowest BCUT2D eigenvalue weighted by Crippen LogP contribution is -2.16. The first-order valence-electron chi connectivity index (χ1n) is 7.42. The molecule has 0 aliphatic carbocycles. The van der Waals surface area contributed by atoms with Crippen molar-refractivity contribution < 1.29 is 0 Å². The molecule has 0 bridgehead atoms. The molecule has 0 spiro atoms. The van der Waals surface area contributed by atoms with Crippen molar-refractivity contribution in [1.29, 1.82) is 0 Å². The van der Waals surface area contributed by atoms with E-state index in [9.17, 15) is 0 Å². The van der Waals surface area contributed by atoms with Crippen molar-refractivity contribution in [1.82, 2.24) is 4.57 Å². The largest absolute Gasteiger partial charge is 0.334 e.